The van der Waals surface area contributed by atoms with E-state index in [0.29, 0.717) is 23.8 Å². The summed E-state index contributed by atoms with van der Waals surface area (Å²) in [6, 6.07) is 1.89. The van der Waals surface area contributed by atoms with E-state index in [9.17, 15) is 4.79 Å². The lowest BCUT2D eigenvalue weighted by Crippen LogP contribution is -2.62. The lowest BCUT2D eigenvalue weighted by atomic mass is 9.63. The van der Waals surface area contributed by atoms with Crippen LogP contribution >= 0.6 is 0 Å². The van der Waals surface area contributed by atoms with E-state index in [1.165, 1.54) is 0 Å². The third kappa shape index (κ3) is 1.72. The van der Waals surface area contributed by atoms with Crippen molar-refractivity contribution in [1.29, 1.82) is 0 Å². The summed E-state index contributed by atoms with van der Waals surface area (Å²) in [5, 5.41) is 6.14. The Morgan fingerprint density at radius 1 is 1.37 bits per heavy atom. The van der Waals surface area contributed by atoms with E-state index < -0.39 is 0 Å². The van der Waals surface area contributed by atoms with Gasteiger partial charge < -0.3 is 15.4 Å². The molecule has 2 aliphatic heterocycles. The second-order valence-corrected chi connectivity index (χ2v) is 5.89. The molecular weight excluding hydrogens is 242 g/mol. The van der Waals surface area contributed by atoms with Gasteiger partial charge in [0.25, 0.3) is 5.91 Å². The largest absolute Gasteiger partial charge is 0.490 e. The summed E-state index contributed by atoms with van der Waals surface area (Å²) in [7, 11) is 0. The minimum Gasteiger partial charge on any atom is -0.490 e. The summed E-state index contributed by atoms with van der Waals surface area (Å²) in [6.07, 6.45) is 5.04. The number of fused-ring (bicyclic) bond motifs is 1. The normalized spacial score (nSPS) is 24.1. The average molecular weight is 259 g/mol. The number of aromatic nitrogens is 1. The Balaban J connectivity index is 1.52. The van der Waals surface area contributed by atoms with Gasteiger partial charge in [-0.25, -0.2) is 0 Å². The zero-order chi connectivity index (χ0) is 12.9. The van der Waals surface area contributed by atoms with Crippen LogP contribution in [-0.2, 0) is 6.42 Å². The number of nitrogens with one attached hydrogen (secondary N) is 2. The summed E-state index contributed by atoms with van der Waals surface area (Å²) in [4.78, 5) is 15.9. The van der Waals surface area contributed by atoms with Gasteiger partial charge in [-0.05, 0) is 25.3 Å². The Labute approximate surface area is 111 Å². The minimum absolute atomic E-state index is 0.0834. The average Bonchev–Trinajstić information content (AvgIpc) is 2.32. The molecule has 1 aromatic rings. The molecule has 1 saturated heterocycles. The van der Waals surface area contributed by atoms with E-state index in [2.05, 4.69) is 15.6 Å². The van der Waals surface area contributed by atoms with Crippen LogP contribution in [0.25, 0.3) is 0 Å². The highest BCUT2D eigenvalue weighted by Crippen LogP contribution is 2.46. The molecule has 5 nitrogen and oxygen atoms in total. The van der Waals surface area contributed by atoms with E-state index in [4.69, 9.17) is 4.74 Å². The molecule has 4 rings (SSSR count). The Morgan fingerprint density at radius 3 is 2.95 bits per heavy atom. The molecule has 0 aromatic carbocycles. The molecule has 3 aliphatic rings. The molecule has 100 valence electrons. The number of pyridine rings is 1. The fraction of sp³-hybridized carbons (Fsp3) is 0.571. The number of amides is 1. The topological polar surface area (TPSA) is 63.2 Å². The zero-order valence-corrected chi connectivity index (χ0v) is 10.7. The fourth-order valence-corrected chi connectivity index (χ4v) is 3.34. The lowest BCUT2D eigenvalue weighted by molar-refractivity contribution is -0.0499. The molecule has 19 heavy (non-hydrogen) atoms. The van der Waals surface area contributed by atoms with E-state index in [-0.39, 0.29) is 5.91 Å². The molecule has 3 heterocycles. The predicted octanol–water partition coefficient (Wildman–Crippen LogP) is 0.498. The van der Waals surface area contributed by atoms with Crippen molar-refractivity contribution in [3.63, 3.8) is 0 Å². The lowest BCUT2D eigenvalue weighted by Gasteiger charge is -2.53. The van der Waals surface area contributed by atoms with Crippen LogP contribution in [0.5, 0.6) is 5.75 Å². The Hall–Kier alpha value is -1.62. The summed E-state index contributed by atoms with van der Waals surface area (Å²) in [6.45, 7) is 2.93. The van der Waals surface area contributed by atoms with Crippen LogP contribution in [0, 0.1) is 5.41 Å². The van der Waals surface area contributed by atoms with Gasteiger partial charge in [0.2, 0.25) is 0 Å². The second kappa shape index (κ2) is 3.93. The van der Waals surface area contributed by atoms with Crippen molar-refractivity contribution in [2.75, 3.05) is 19.6 Å². The second-order valence-electron chi connectivity index (χ2n) is 5.89. The molecule has 1 aromatic heterocycles. The molecular formula is C14H17N3O2. The quantitative estimate of drug-likeness (QED) is 0.812. The Bertz CT molecular complexity index is 531. The SMILES string of the molecule is O=C1NCCc2c(OC3CC4(CNC4)C3)ccnc21. The number of rotatable bonds is 2. The van der Waals surface area contributed by atoms with Crippen molar-refractivity contribution < 1.29 is 9.53 Å². The Kier molecular flexibility index (Phi) is 2.33. The van der Waals surface area contributed by atoms with Gasteiger partial charge in [-0.3, -0.25) is 9.78 Å². The first-order chi connectivity index (χ1) is 9.26. The van der Waals surface area contributed by atoms with E-state index >= 15 is 0 Å². The molecule has 0 radical (unpaired) electrons. The van der Waals surface area contributed by atoms with Crippen LogP contribution in [0.4, 0.5) is 0 Å². The van der Waals surface area contributed by atoms with Crippen molar-refractivity contribution in [3.8, 4) is 5.75 Å². The molecule has 1 spiro atoms. The smallest absolute Gasteiger partial charge is 0.270 e. The van der Waals surface area contributed by atoms with Crippen LogP contribution in [0.3, 0.4) is 0 Å². The standard InChI is InChI=1S/C14H17N3O2/c18-13-12-10(1-3-17-13)11(2-4-16-12)19-9-5-14(6-9)7-15-8-14/h2,4,9,15H,1,3,5-8H2,(H,17,18). The molecule has 0 unspecified atom stereocenters. The number of carbonyl (C=O) groups is 1. The van der Waals surface area contributed by atoms with Crippen LogP contribution in [0.15, 0.2) is 12.3 Å². The van der Waals surface area contributed by atoms with Crippen molar-refractivity contribution in [1.82, 2.24) is 15.6 Å². The third-order valence-electron chi connectivity index (χ3n) is 4.50. The van der Waals surface area contributed by atoms with Crippen molar-refractivity contribution in [3.05, 3.63) is 23.5 Å². The molecule has 1 aliphatic carbocycles. The first kappa shape index (κ1) is 11.2. The number of nitrogens with zero attached hydrogens (tertiary/aromatic N) is 1. The monoisotopic (exact) mass is 259 g/mol. The fourth-order valence-electron chi connectivity index (χ4n) is 3.34. The van der Waals surface area contributed by atoms with Gasteiger partial charge >= 0.3 is 0 Å². The van der Waals surface area contributed by atoms with Gasteiger partial charge in [0.05, 0.1) is 6.10 Å². The first-order valence-electron chi connectivity index (χ1n) is 6.89. The van der Waals surface area contributed by atoms with Gasteiger partial charge in [-0.1, -0.05) is 0 Å². The van der Waals surface area contributed by atoms with E-state index in [0.717, 1.165) is 43.7 Å². The van der Waals surface area contributed by atoms with E-state index in [1.54, 1.807) is 6.20 Å². The maximum atomic E-state index is 11.7. The maximum Gasteiger partial charge on any atom is 0.270 e. The maximum absolute atomic E-state index is 11.7. The van der Waals surface area contributed by atoms with Crippen molar-refractivity contribution in [2.24, 2.45) is 5.41 Å². The third-order valence-corrected chi connectivity index (χ3v) is 4.50. The molecule has 0 atom stereocenters. The first-order valence-corrected chi connectivity index (χ1v) is 6.89. The summed E-state index contributed by atoms with van der Waals surface area (Å²) >= 11 is 0. The molecule has 1 amide bonds. The molecule has 2 N–H and O–H groups in total. The predicted molar refractivity (Wildman–Crippen MR) is 69.2 cm³/mol. The molecule has 1 saturated carbocycles. The molecule has 0 bridgehead atoms. The Morgan fingerprint density at radius 2 is 2.21 bits per heavy atom. The highest BCUT2D eigenvalue weighted by atomic mass is 16.5. The van der Waals surface area contributed by atoms with Crippen LogP contribution in [0.1, 0.15) is 28.9 Å². The molecule has 2 fully saturated rings. The van der Waals surface area contributed by atoms with Gasteiger partial charge in [-0.2, -0.15) is 0 Å². The number of carbonyl (C=O) groups excluding carboxylic acids is 1. The van der Waals surface area contributed by atoms with Gasteiger partial charge in [0, 0.05) is 36.8 Å². The van der Waals surface area contributed by atoms with Crippen molar-refractivity contribution >= 4 is 5.91 Å². The van der Waals surface area contributed by atoms with E-state index in [1.807, 2.05) is 6.07 Å². The van der Waals surface area contributed by atoms with Crippen LogP contribution < -0.4 is 15.4 Å². The van der Waals surface area contributed by atoms with Crippen LogP contribution in [0.2, 0.25) is 0 Å². The summed E-state index contributed by atoms with van der Waals surface area (Å²) in [5.41, 5.74) is 2.01. The summed E-state index contributed by atoms with van der Waals surface area (Å²) in [5.74, 6) is 0.770. The highest BCUT2D eigenvalue weighted by Gasteiger charge is 2.49. The number of hydrogen-bond acceptors (Lipinski definition) is 4. The van der Waals surface area contributed by atoms with Gasteiger partial charge in [0.15, 0.2) is 0 Å². The number of hydrogen-bond donors (Lipinski definition) is 2. The number of ether oxygens (including phenoxy) is 1. The van der Waals surface area contributed by atoms with Crippen LogP contribution in [-0.4, -0.2) is 36.6 Å². The summed E-state index contributed by atoms with van der Waals surface area (Å²) < 4.78 is 6.08. The van der Waals surface area contributed by atoms with Crippen molar-refractivity contribution in [2.45, 2.75) is 25.4 Å². The molecule has 5 heteroatoms. The highest BCUT2D eigenvalue weighted by molar-refractivity contribution is 5.95. The van der Waals surface area contributed by atoms with Gasteiger partial charge in [-0.15, -0.1) is 0 Å². The van der Waals surface area contributed by atoms with Gasteiger partial charge in [0.1, 0.15) is 11.4 Å². The zero-order valence-electron chi connectivity index (χ0n) is 10.7. The minimum atomic E-state index is -0.0834.